The van der Waals surface area contributed by atoms with Crippen LogP contribution < -0.4 is 5.32 Å². The highest BCUT2D eigenvalue weighted by Gasteiger charge is 2.19. The molecule has 0 aliphatic carbocycles. The Labute approximate surface area is 118 Å². The third kappa shape index (κ3) is 3.01. The zero-order valence-electron chi connectivity index (χ0n) is 10.6. The number of hydrogen-bond donors (Lipinski definition) is 1. The number of likely N-dealkylation sites (N-methyl/N-ethyl adjacent to an activating group) is 1. The van der Waals surface area contributed by atoms with Crippen molar-refractivity contribution in [3.8, 4) is 0 Å². The van der Waals surface area contributed by atoms with Crippen LogP contribution in [-0.4, -0.2) is 16.8 Å². The van der Waals surface area contributed by atoms with Gasteiger partial charge in [0.1, 0.15) is 11.6 Å². The zero-order chi connectivity index (χ0) is 14.0. The molecular formula is C13H14BrF2N3. The van der Waals surface area contributed by atoms with Gasteiger partial charge in [-0.3, -0.25) is 4.68 Å². The van der Waals surface area contributed by atoms with Crippen molar-refractivity contribution in [3.63, 3.8) is 0 Å². The summed E-state index contributed by atoms with van der Waals surface area (Å²) in [6, 6.07) is 3.53. The first-order valence-electron chi connectivity index (χ1n) is 5.81. The summed E-state index contributed by atoms with van der Waals surface area (Å²) in [6.07, 6.45) is 2.11. The van der Waals surface area contributed by atoms with Crippen LogP contribution in [0.5, 0.6) is 0 Å². The Balaban J connectivity index is 2.29. The zero-order valence-corrected chi connectivity index (χ0v) is 12.2. The van der Waals surface area contributed by atoms with Crippen molar-refractivity contribution >= 4 is 15.9 Å². The van der Waals surface area contributed by atoms with E-state index in [0.717, 1.165) is 16.2 Å². The lowest BCUT2D eigenvalue weighted by molar-refractivity contribution is 0.512. The summed E-state index contributed by atoms with van der Waals surface area (Å²) in [4.78, 5) is 0. The highest BCUT2D eigenvalue weighted by Crippen LogP contribution is 2.26. The second-order valence-corrected chi connectivity index (χ2v) is 5.14. The number of nitrogens with one attached hydrogen (secondary N) is 1. The van der Waals surface area contributed by atoms with Crippen LogP contribution in [0.1, 0.15) is 17.3 Å². The molecule has 1 N–H and O–H groups in total. The van der Waals surface area contributed by atoms with E-state index in [1.165, 1.54) is 12.1 Å². The van der Waals surface area contributed by atoms with Crippen molar-refractivity contribution in [3.05, 3.63) is 51.8 Å². The van der Waals surface area contributed by atoms with E-state index in [4.69, 9.17) is 0 Å². The Morgan fingerprint density at radius 2 is 2.16 bits per heavy atom. The molecule has 0 bridgehead atoms. The number of halogens is 3. The Kier molecular flexibility index (Phi) is 4.31. The minimum absolute atomic E-state index is 0.109. The molecule has 0 fully saturated rings. The lowest BCUT2D eigenvalue weighted by Gasteiger charge is -2.18. The molecule has 0 aliphatic rings. The Bertz CT molecular complexity index is 564. The van der Waals surface area contributed by atoms with Gasteiger partial charge in [0.15, 0.2) is 0 Å². The maximum absolute atomic E-state index is 13.7. The highest BCUT2D eigenvalue weighted by atomic mass is 79.9. The first-order chi connectivity index (χ1) is 9.02. The normalized spacial score (nSPS) is 12.7. The fourth-order valence-corrected chi connectivity index (χ4v) is 2.68. The molecule has 102 valence electrons. The van der Waals surface area contributed by atoms with Gasteiger partial charge in [-0.05, 0) is 41.0 Å². The number of nitrogens with zero attached hydrogens (tertiary/aromatic N) is 2. The van der Waals surface area contributed by atoms with Gasteiger partial charge in [0, 0.05) is 13.1 Å². The molecule has 0 spiro atoms. The molecule has 1 atom stereocenters. The van der Waals surface area contributed by atoms with Gasteiger partial charge in [0.25, 0.3) is 0 Å². The molecule has 1 aromatic heterocycles. The van der Waals surface area contributed by atoms with E-state index in [1.807, 2.05) is 7.05 Å². The van der Waals surface area contributed by atoms with Gasteiger partial charge >= 0.3 is 0 Å². The van der Waals surface area contributed by atoms with Crippen LogP contribution in [0, 0.1) is 11.6 Å². The highest BCUT2D eigenvalue weighted by molar-refractivity contribution is 9.10. The number of rotatable bonds is 4. The molecule has 0 saturated carbocycles. The van der Waals surface area contributed by atoms with E-state index in [1.54, 1.807) is 17.9 Å². The van der Waals surface area contributed by atoms with E-state index >= 15 is 0 Å². The predicted octanol–water partition coefficient (Wildman–Crippen LogP) is 2.96. The first-order valence-corrected chi connectivity index (χ1v) is 6.60. The van der Waals surface area contributed by atoms with E-state index in [-0.39, 0.29) is 6.04 Å². The Morgan fingerprint density at radius 1 is 1.42 bits per heavy atom. The van der Waals surface area contributed by atoms with E-state index in [0.29, 0.717) is 12.0 Å². The van der Waals surface area contributed by atoms with Crippen molar-refractivity contribution in [2.45, 2.75) is 12.5 Å². The molecular weight excluding hydrogens is 316 g/mol. The fraction of sp³-hybridized carbons (Fsp3) is 0.308. The summed E-state index contributed by atoms with van der Waals surface area (Å²) in [5.41, 5.74) is 1.39. The van der Waals surface area contributed by atoms with Crippen molar-refractivity contribution in [1.82, 2.24) is 15.1 Å². The SMILES string of the molecule is CNC(Cc1ccc(F)cc1F)c1c(Br)cnn1C. The van der Waals surface area contributed by atoms with Crippen LogP contribution in [0.25, 0.3) is 0 Å². The monoisotopic (exact) mass is 329 g/mol. The van der Waals surface area contributed by atoms with Crippen LogP contribution in [0.15, 0.2) is 28.9 Å². The molecule has 2 rings (SSSR count). The largest absolute Gasteiger partial charge is 0.311 e. The van der Waals surface area contributed by atoms with Gasteiger partial charge in [-0.25, -0.2) is 8.78 Å². The van der Waals surface area contributed by atoms with Crippen LogP contribution in [0.4, 0.5) is 8.78 Å². The van der Waals surface area contributed by atoms with Crippen LogP contribution in [0.2, 0.25) is 0 Å². The molecule has 1 heterocycles. The summed E-state index contributed by atoms with van der Waals surface area (Å²) in [5.74, 6) is -1.09. The third-order valence-electron chi connectivity index (χ3n) is 3.06. The topological polar surface area (TPSA) is 29.9 Å². The standard InChI is InChI=1S/C13H14BrF2N3/c1-17-12(13-10(14)7-18-19(13)2)5-8-3-4-9(15)6-11(8)16/h3-4,6-7,12,17H,5H2,1-2H3. The smallest absolute Gasteiger partial charge is 0.129 e. The first kappa shape index (κ1) is 14.1. The minimum Gasteiger partial charge on any atom is -0.311 e. The average Bonchev–Trinajstić information content (AvgIpc) is 2.69. The summed E-state index contributed by atoms with van der Waals surface area (Å²) in [5, 5.41) is 7.26. The van der Waals surface area contributed by atoms with Gasteiger partial charge < -0.3 is 5.32 Å². The molecule has 0 radical (unpaired) electrons. The Hall–Kier alpha value is -1.27. The summed E-state index contributed by atoms with van der Waals surface area (Å²) in [7, 11) is 3.62. The molecule has 2 aromatic rings. The molecule has 0 saturated heterocycles. The van der Waals surface area contributed by atoms with Gasteiger partial charge in [0.2, 0.25) is 0 Å². The maximum atomic E-state index is 13.7. The van der Waals surface area contributed by atoms with Crippen molar-refractivity contribution < 1.29 is 8.78 Å². The molecule has 3 nitrogen and oxygen atoms in total. The van der Waals surface area contributed by atoms with E-state index < -0.39 is 11.6 Å². The van der Waals surface area contributed by atoms with Crippen LogP contribution in [-0.2, 0) is 13.5 Å². The van der Waals surface area contributed by atoms with Gasteiger partial charge in [-0.2, -0.15) is 5.10 Å². The number of benzene rings is 1. The molecule has 0 amide bonds. The van der Waals surface area contributed by atoms with Gasteiger partial charge in [0.05, 0.1) is 22.4 Å². The predicted molar refractivity (Wildman–Crippen MR) is 72.8 cm³/mol. The second-order valence-electron chi connectivity index (χ2n) is 4.28. The minimum atomic E-state index is -0.566. The maximum Gasteiger partial charge on any atom is 0.129 e. The molecule has 0 aliphatic heterocycles. The molecule has 6 heteroatoms. The summed E-state index contributed by atoms with van der Waals surface area (Å²) in [6.45, 7) is 0. The van der Waals surface area contributed by atoms with E-state index in [2.05, 4.69) is 26.3 Å². The quantitative estimate of drug-likeness (QED) is 0.934. The lowest BCUT2D eigenvalue weighted by atomic mass is 10.0. The van der Waals surface area contributed by atoms with Crippen LogP contribution in [0.3, 0.4) is 0 Å². The Morgan fingerprint density at radius 3 is 2.68 bits per heavy atom. The van der Waals surface area contributed by atoms with E-state index in [9.17, 15) is 8.78 Å². The molecule has 19 heavy (non-hydrogen) atoms. The average molecular weight is 330 g/mol. The van der Waals surface area contributed by atoms with Crippen molar-refractivity contribution in [1.29, 1.82) is 0 Å². The summed E-state index contributed by atoms with van der Waals surface area (Å²) < 4.78 is 29.2. The van der Waals surface area contributed by atoms with Crippen molar-refractivity contribution in [2.24, 2.45) is 7.05 Å². The third-order valence-corrected chi connectivity index (χ3v) is 3.67. The molecule has 1 aromatic carbocycles. The number of aryl methyl sites for hydroxylation is 1. The molecule has 1 unspecified atom stereocenters. The van der Waals surface area contributed by atoms with Gasteiger partial charge in [-0.15, -0.1) is 0 Å². The summed E-state index contributed by atoms with van der Waals surface area (Å²) >= 11 is 3.42. The fourth-order valence-electron chi connectivity index (χ4n) is 2.05. The number of hydrogen-bond acceptors (Lipinski definition) is 2. The van der Waals surface area contributed by atoms with Gasteiger partial charge in [-0.1, -0.05) is 6.07 Å². The number of aromatic nitrogens is 2. The lowest BCUT2D eigenvalue weighted by Crippen LogP contribution is -2.22. The second kappa shape index (κ2) is 5.79. The van der Waals surface area contributed by atoms with Crippen molar-refractivity contribution in [2.75, 3.05) is 7.05 Å². The van der Waals surface area contributed by atoms with Crippen LogP contribution >= 0.6 is 15.9 Å².